The first kappa shape index (κ1) is 34.1. The number of aryl methyl sites for hydroxylation is 1. The van der Waals surface area contributed by atoms with Crippen molar-refractivity contribution in [3.05, 3.63) is 180 Å². The average molecular weight is 756 g/mol. The summed E-state index contributed by atoms with van der Waals surface area (Å²) in [6.07, 6.45) is 0. The van der Waals surface area contributed by atoms with E-state index in [0.717, 1.165) is 86.7 Å². The number of anilines is 1. The first-order chi connectivity index (χ1) is 28.0. The maximum Gasteiger partial charge on any atom is 0.164 e. The van der Waals surface area contributed by atoms with Gasteiger partial charge < -0.3 is 14.6 Å². The van der Waals surface area contributed by atoms with Gasteiger partial charge >= 0.3 is 0 Å². The molecule has 0 atom stereocenters. The molecule has 8 heteroatoms. The quantitative estimate of drug-likeness (QED) is 0.169. The number of benzene rings is 7. The van der Waals surface area contributed by atoms with Crippen LogP contribution in [0.3, 0.4) is 0 Å². The SMILES string of the molecule is Cc1cccc2oc3cccc(-c4nc(-c5ccccc5)nc(-c5ccc6c(c5)oc5ccccc56)n4)c3c12.N=C(c1ccccc1)c1sc2ccccc2c1N. The van der Waals surface area contributed by atoms with Gasteiger partial charge in [0.05, 0.1) is 16.3 Å². The van der Waals surface area contributed by atoms with Gasteiger partial charge in [0.15, 0.2) is 17.5 Å². The number of hydrogen-bond donors (Lipinski definition) is 2. The lowest BCUT2D eigenvalue weighted by Crippen LogP contribution is -2.01. The van der Waals surface area contributed by atoms with Crippen LogP contribution in [0.25, 0.3) is 88.1 Å². The number of nitrogens with two attached hydrogens (primary N) is 1. The summed E-state index contributed by atoms with van der Waals surface area (Å²) < 4.78 is 13.5. The Kier molecular flexibility index (Phi) is 8.38. The molecule has 272 valence electrons. The van der Waals surface area contributed by atoms with Crippen molar-refractivity contribution in [2.24, 2.45) is 0 Å². The van der Waals surface area contributed by atoms with E-state index in [4.69, 9.17) is 34.9 Å². The summed E-state index contributed by atoms with van der Waals surface area (Å²) in [5.74, 6) is 1.80. The number of nitrogen functional groups attached to an aromatic ring is 1. The molecular weight excluding hydrogens is 723 g/mol. The molecule has 0 spiro atoms. The van der Waals surface area contributed by atoms with Gasteiger partial charge in [-0.1, -0.05) is 127 Å². The summed E-state index contributed by atoms with van der Waals surface area (Å²) in [4.78, 5) is 15.8. The van der Waals surface area contributed by atoms with E-state index < -0.39 is 0 Å². The largest absolute Gasteiger partial charge is 0.456 e. The summed E-state index contributed by atoms with van der Waals surface area (Å²) in [7, 11) is 0. The highest BCUT2D eigenvalue weighted by molar-refractivity contribution is 7.21. The van der Waals surface area contributed by atoms with Crippen molar-refractivity contribution in [3.63, 3.8) is 0 Å². The second-order valence-electron chi connectivity index (χ2n) is 13.8. The zero-order valence-corrected chi connectivity index (χ0v) is 31.5. The Morgan fingerprint density at radius 1 is 0.526 bits per heavy atom. The van der Waals surface area contributed by atoms with Crippen LogP contribution in [-0.2, 0) is 0 Å². The zero-order chi connectivity index (χ0) is 38.5. The minimum absolute atomic E-state index is 0.495. The fraction of sp³-hybridized carbons (Fsp3) is 0.0204. The Balaban J connectivity index is 0.000000184. The molecule has 0 unspecified atom stereocenters. The molecule has 11 aromatic rings. The Morgan fingerprint density at radius 2 is 1.12 bits per heavy atom. The summed E-state index contributed by atoms with van der Waals surface area (Å²) in [5, 5.41) is 13.6. The molecule has 11 rings (SSSR count). The number of fused-ring (bicyclic) bond motifs is 7. The van der Waals surface area contributed by atoms with Gasteiger partial charge in [0.25, 0.3) is 0 Å². The molecule has 0 radical (unpaired) electrons. The summed E-state index contributed by atoms with van der Waals surface area (Å²) in [6, 6.07) is 54.1. The van der Waals surface area contributed by atoms with E-state index in [-0.39, 0.29) is 0 Å². The van der Waals surface area contributed by atoms with Gasteiger partial charge in [-0.2, -0.15) is 0 Å². The molecule has 7 nitrogen and oxygen atoms in total. The van der Waals surface area contributed by atoms with E-state index in [0.29, 0.717) is 28.9 Å². The molecule has 0 aliphatic rings. The summed E-state index contributed by atoms with van der Waals surface area (Å²) in [6.45, 7) is 2.10. The van der Waals surface area contributed by atoms with Crippen molar-refractivity contribution in [1.29, 1.82) is 5.41 Å². The molecule has 0 saturated carbocycles. The van der Waals surface area contributed by atoms with Gasteiger partial charge in [0.2, 0.25) is 0 Å². The fourth-order valence-corrected chi connectivity index (χ4v) is 8.51. The highest BCUT2D eigenvalue weighted by Crippen LogP contribution is 2.39. The molecule has 0 amide bonds. The number of thiophene rings is 1. The smallest absolute Gasteiger partial charge is 0.164 e. The first-order valence-corrected chi connectivity index (χ1v) is 19.4. The minimum atomic E-state index is 0.495. The molecule has 4 heterocycles. The predicted molar refractivity (Wildman–Crippen MR) is 234 cm³/mol. The second kappa shape index (κ2) is 14.0. The topological polar surface area (TPSA) is 115 Å². The molecule has 0 fully saturated rings. The standard InChI is InChI=1S/C34H21N3O2.C15H12N2S/c1-20-9-7-15-27-30(20)31-25(13-8-16-28(31)39-27)34-36-32(21-10-3-2-4-11-21)35-33(37-34)22-17-18-24-23-12-5-6-14-26(23)38-29(24)19-22;16-13(10-6-2-1-3-7-10)15-14(17)11-8-4-5-9-12(11)18-15/h2-19H,1H3;1-9,16H,17H2. The lowest BCUT2D eigenvalue weighted by atomic mass is 10.0. The zero-order valence-electron chi connectivity index (χ0n) is 30.7. The van der Waals surface area contributed by atoms with Gasteiger partial charge in [-0.25, -0.2) is 15.0 Å². The van der Waals surface area contributed by atoms with Crippen molar-refractivity contribution in [2.75, 3.05) is 5.73 Å². The molecule has 0 aliphatic carbocycles. The number of rotatable bonds is 5. The molecule has 7 aromatic carbocycles. The highest BCUT2D eigenvalue weighted by Gasteiger charge is 2.19. The Morgan fingerprint density at radius 3 is 1.91 bits per heavy atom. The van der Waals surface area contributed by atoms with Crippen LogP contribution in [0, 0.1) is 12.3 Å². The Bertz CT molecular complexity index is 3290. The number of furan rings is 2. The van der Waals surface area contributed by atoms with E-state index >= 15 is 0 Å². The molecule has 0 saturated heterocycles. The van der Waals surface area contributed by atoms with Crippen LogP contribution in [0.5, 0.6) is 0 Å². The van der Waals surface area contributed by atoms with Crippen molar-refractivity contribution >= 4 is 76.7 Å². The Hall–Kier alpha value is -7.42. The van der Waals surface area contributed by atoms with Crippen LogP contribution >= 0.6 is 11.3 Å². The van der Waals surface area contributed by atoms with Crippen LogP contribution in [0.1, 0.15) is 16.0 Å². The van der Waals surface area contributed by atoms with Crippen molar-refractivity contribution in [1.82, 2.24) is 15.0 Å². The third-order valence-electron chi connectivity index (χ3n) is 10.2. The number of nitrogens with zero attached hydrogens (tertiary/aromatic N) is 3. The third-order valence-corrected chi connectivity index (χ3v) is 11.4. The maximum absolute atomic E-state index is 8.27. The molecule has 3 N–H and O–H groups in total. The third kappa shape index (κ3) is 6.09. The number of hydrogen-bond acceptors (Lipinski definition) is 8. The van der Waals surface area contributed by atoms with Crippen molar-refractivity contribution in [2.45, 2.75) is 6.92 Å². The molecule has 4 aromatic heterocycles. The van der Waals surface area contributed by atoms with Gasteiger partial charge in [-0.15, -0.1) is 11.3 Å². The predicted octanol–water partition coefficient (Wildman–Crippen LogP) is 12.9. The second-order valence-corrected chi connectivity index (χ2v) is 14.8. The normalized spacial score (nSPS) is 11.4. The van der Waals surface area contributed by atoms with E-state index in [1.165, 1.54) is 0 Å². The number of nitrogens with one attached hydrogen (secondary N) is 1. The summed E-state index contributed by atoms with van der Waals surface area (Å²) >= 11 is 1.58. The van der Waals surface area contributed by atoms with E-state index in [9.17, 15) is 0 Å². The lowest BCUT2D eigenvalue weighted by molar-refractivity contribution is 0.668. The molecule has 0 bridgehead atoms. The van der Waals surface area contributed by atoms with Gasteiger partial charge in [-0.05, 0) is 48.9 Å². The van der Waals surface area contributed by atoms with Crippen LogP contribution < -0.4 is 5.73 Å². The van der Waals surface area contributed by atoms with Crippen molar-refractivity contribution < 1.29 is 8.83 Å². The van der Waals surface area contributed by atoms with E-state index in [2.05, 4.69) is 37.3 Å². The van der Waals surface area contributed by atoms with Crippen LogP contribution in [0.4, 0.5) is 5.69 Å². The lowest BCUT2D eigenvalue weighted by Gasteiger charge is -2.09. The molecular formula is C49H33N5O2S. The van der Waals surface area contributed by atoms with Gasteiger partial charge in [0.1, 0.15) is 22.3 Å². The first-order valence-electron chi connectivity index (χ1n) is 18.6. The fourth-order valence-electron chi connectivity index (χ4n) is 7.42. The van der Waals surface area contributed by atoms with Crippen LogP contribution in [-0.4, -0.2) is 20.7 Å². The summed E-state index contributed by atoms with van der Waals surface area (Å²) in [5.41, 5.74) is 15.4. The minimum Gasteiger partial charge on any atom is -0.456 e. The Labute approximate surface area is 331 Å². The highest BCUT2D eigenvalue weighted by atomic mass is 32.1. The van der Waals surface area contributed by atoms with Crippen LogP contribution in [0.2, 0.25) is 0 Å². The van der Waals surface area contributed by atoms with Crippen molar-refractivity contribution in [3.8, 4) is 34.2 Å². The van der Waals surface area contributed by atoms with E-state index in [1.54, 1.807) is 11.3 Å². The molecule has 57 heavy (non-hydrogen) atoms. The number of aromatic nitrogens is 3. The van der Waals surface area contributed by atoms with Gasteiger partial charge in [0, 0.05) is 53.9 Å². The van der Waals surface area contributed by atoms with Gasteiger partial charge in [-0.3, -0.25) is 5.41 Å². The molecule has 0 aliphatic heterocycles. The van der Waals surface area contributed by atoms with E-state index in [1.807, 2.05) is 133 Å². The average Bonchev–Trinajstić information content (AvgIpc) is 3.95. The maximum atomic E-state index is 8.27. The van der Waals surface area contributed by atoms with Crippen LogP contribution in [0.15, 0.2) is 173 Å². The monoisotopic (exact) mass is 755 g/mol. The number of para-hydroxylation sites is 1.